The number of nitrogens with one attached hydrogen (secondary N) is 2. The maximum absolute atomic E-state index is 12.6. The third-order valence-corrected chi connectivity index (χ3v) is 4.20. The Morgan fingerprint density at radius 1 is 0.867 bits per heavy atom. The van der Waals surface area contributed by atoms with Crippen LogP contribution in [0, 0.1) is 0 Å². The molecule has 0 aliphatic carbocycles. The van der Waals surface area contributed by atoms with Gasteiger partial charge in [0.15, 0.2) is 17.5 Å². The van der Waals surface area contributed by atoms with Crippen molar-refractivity contribution >= 4 is 29.9 Å². The lowest BCUT2D eigenvalue weighted by Crippen LogP contribution is -2.36. The van der Waals surface area contributed by atoms with Gasteiger partial charge in [-0.25, -0.2) is 0 Å². The van der Waals surface area contributed by atoms with Gasteiger partial charge in [-0.1, -0.05) is 12.1 Å². The first-order valence-electron chi connectivity index (χ1n) is 8.72. The minimum absolute atomic E-state index is 0. The Labute approximate surface area is 190 Å². The van der Waals surface area contributed by atoms with E-state index in [1.807, 2.05) is 0 Å². The van der Waals surface area contributed by atoms with E-state index >= 15 is 0 Å². The summed E-state index contributed by atoms with van der Waals surface area (Å²) in [5, 5.41) is 6.20. The highest BCUT2D eigenvalue weighted by molar-refractivity contribution is 14.0. The molecule has 0 amide bonds. The molecule has 0 aliphatic heterocycles. The fraction of sp³-hybridized carbons (Fsp3) is 0.350. The number of benzene rings is 2. The highest BCUT2D eigenvalue weighted by Gasteiger charge is 2.29. The first-order chi connectivity index (χ1) is 13.8. The number of rotatable bonds is 7. The number of alkyl halides is 3. The summed E-state index contributed by atoms with van der Waals surface area (Å²) in [4.78, 5) is 4.12. The van der Waals surface area contributed by atoms with E-state index in [9.17, 15) is 13.2 Å². The molecule has 0 saturated carbocycles. The lowest BCUT2D eigenvalue weighted by molar-refractivity contribution is -0.137. The standard InChI is InChI=1S/C20H24F3N3O3.HI/c1-24-19(25-11-13-5-7-15(8-6-13)20(21,22)23)26-12-14-9-17(28-3)18(29-4)10-16(14)27-2;/h5-10H,11-12H2,1-4H3,(H2,24,25,26);1H. The van der Waals surface area contributed by atoms with Gasteiger partial charge < -0.3 is 24.8 Å². The molecular formula is C20H25F3IN3O3. The van der Waals surface area contributed by atoms with Gasteiger partial charge in [0, 0.05) is 31.8 Å². The van der Waals surface area contributed by atoms with Crippen LogP contribution in [-0.2, 0) is 19.3 Å². The Balaban J connectivity index is 0.00000450. The number of methoxy groups -OCH3 is 3. The molecule has 10 heteroatoms. The van der Waals surface area contributed by atoms with Crippen molar-refractivity contribution < 1.29 is 27.4 Å². The van der Waals surface area contributed by atoms with Gasteiger partial charge in [-0.2, -0.15) is 13.2 Å². The summed E-state index contributed by atoms with van der Waals surface area (Å²) in [6, 6.07) is 8.51. The molecule has 0 aliphatic rings. The van der Waals surface area contributed by atoms with Crippen LogP contribution >= 0.6 is 24.0 Å². The van der Waals surface area contributed by atoms with E-state index in [4.69, 9.17) is 14.2 Å². The van der Waals surface area contributed by atoms with Crippen molar-refractivity contribution in [1.29, 1.82) is 0 Å². The Morgan fingerprint density at radius 2 is 1.40 bits per heavy atom. The minimum Gasteiger partial charge on any atom is -0.496 e. The fourth-order valence-corrected chi connectivity index (χ4v) is 2.63. The third-order valence-electron chi connectivity index (χ3n) is 4.20. The number of guanidine groups is 1. The van der Waals surface area contributed by atoms with Crippen LogP contribution in [-0.4, -0.2) is 34.3 Å². The van der Waals surface area contributed by atoms with Crippen molar-refractivity contribution in [3.63, 3.8) is 0 Å². The zero-order chi connectivity index (χ0) is 21.4. The number of hydrogen-bond acceptors (Lipinski definition) is 4. The predicted molar refractivity (Wildman–Crippen MR) is 120 cm³/mol. The van der Waals surface area contributed by atoms with Gasteiger partial charge >= 0.3 is 6.18 Å². The van der Waals surface area contributed by atoms with Crippen LogP contribution in [0.4, 0.5) is 13.2 Å². The normalized spacial score (nSPS) is 11.4. The van der Waals surface area contributed by atoms with Crippen molar-refractivity contribution in [3.05, 3.63) is 53.1 Å². The molecule has 2 rings (SSSR count). The van der Waals surface area contributed by atoms with Crippen LogP contribution in [0.1, 0.15) is 16.7 Å². The Morgan fingerprint density at radius 3 is 1.90 bits per heavy atom. The smallest absolute Gasteiger partial charge is 0.416 e. The predicted octanol–water partition coefficient (Wildman–Crippen LogP) is 4.21. The lowest BCUT2D eigenvalue weighted by Gasteiger charge is -2.16. The second-order valence-electron chi connectivity index (χ2n) is 5.99. The Bertz CT molecular complexity index is 844. The Hall–Kier alpha value is -2.37. The summed E-state index contributed by atoms with van der Waals surface area (Å²) in [5.41, 5.74) is 0.844. The van der Waals surface area contributed by atoms with E-state index in [2.05, 4.69) is 15.6 Å². The average molecular weight is 539 g/mol. The maximum Gasteiger partial charge on any atom is 0.416 e. The van der Waals surface area contributed by atoms with Crippen molar-refractivity contribution in [2.75, 3.05) is 28.4 Å². The van der Waals surface area contributed by atoms with Gasteiger partial charge in [-0.15, -0.1) is 24.0 Å². The lowest BCUT2D eigenvalue weighted by atomic mass is 10.1. The summed E-state index contributed by atoms with van der Waals surface area (Å²) in [6.45, 7) is 0.705. The fourth-order valence-electron chi connectivity index (χ4n) is 2.63. The molecule has 0 fully saturated rings. The van der Waals surface area contributed by atoms with Crippen LogP contribution in [0.3, 0.4) is 0 Å². The second-order valence-corrected chi connectivity index (χ2v) is 5.99. The van der Waals surface area contributed by atoms with E-state index < -0.39 is 11.7 Å². The van der Waals surface area contributed by atoms with Gasteiger partial charge in [0.2, 0.25) is 0 Å². The van der Waals surface area contributed by atoms with E-state index in [0.717, 1.165) is 17.7 Å². The summed E-state index contributed by atoms with van der Waals surface area (Å²) in [5.74, 6) is 2.23. The molecule has 2 N–H and O–H groups in total. The molecule has 0 aromatic heterocycles. The maximum atomic E-state index is 12.6. The summed E-state index contributed by atoms with van der Waals surface area (Å²) in [6.07, 6.45) is -4.35. The minimum atomic E-state index is -4.35. The third kappa shape index (κ3) is 6.85. The van der Waals surface area contributed by atoms with E-state index in [0.29, 0.717) is 41.9 Å². The highest BCUT2D eigenvalue weighted by atomic mass is 127. The van der Waals surface area contributed by atoms with Crippen molar-refractivity contribution in [3.8, 4) is 17.2 Å². The largest absolute Gasteiger partial charge is 0.496 e. The van der Waals surface area contributed by atoms with Gasteiger partial charge in [0.1, 0.15) is 5.75 Å². The molecule has 2 aromatic rings. The van der Waals surface area contributed by atoms with Gasteiger partial charge in [-0.3, -0.25) is 4.99 Å². The molecule has 0 spiro atoms. The first kappa shape index (κ1) is 25.7. The summed E-state index contributed by atoms with van der Waals surface area (Å²) >= 11 is 0. The molecule has 0 saturated heterocycles. The molecule has 0 heterocycles. The number of nitrogens with zero attached hydrogens (tertiary/aromatic N) is 1. The van der Waals surface area contributed by atoms with E-state index in [1.165, 1.54) is 12.1 Å². The van der Waals surface area contributed by atoms with Crippen LogP contribution < -0.4 is 24.8 Å². The monoisotopic (exact) mass is 539 g/mol. The molecular weight excluding hydrogens is 514 g/mol. The second kappa shape index (κ2) is 11.7. The summed E-state index contributed by atoms with van der Waals surface area (Å²) in [7, 11) is 6.25. The van der Waals surface area contributed by atoms with E-state index in [1.54, 1.807) is 40.5 Å². The molecule has 6 nitrogen and oxygen atoms in total. The van der Waals surface area contributed by atoms with Crippen molar-refractivity contribution in [2.45, 2.75) is 19.3 Å². The zero-order valence-corrected chi connectivity index (χ0v) is 19.4. The molecule has 0 radical (unpaired) electrons. The zero-order valence-electron chi connectivity index (χ0n) is 17.1. The molecule has 0 atom stereocenters. The molecule has 30 heavy (non-hydrogen) atoms. The molecule has 166 valence electrons. The number of hydrogen-bond donors (Lipinski definition) is 2. The van der Waals surface area contributed by atoms with E-state index in [-0.39, 0.29) is 24.0 Å². The Kier molecular flexibility index (Phi) is 10.0. The molecule has 0 bridgehead atoms. The molecule has 2 aromatic carbocycles. The van der Waals surface area contributed by atoms with Crippen LogP contribution in [0.15, 0.2) is 41.4 Å². The topological polar surface area (TPSA) is 64.1 Å². The quantitative estimate of drug-likeness (QED) is 0.314. The van der Waals surface area contributed by atoms with Gasteiger partial charge in [0.05, 0.1) is 26.9 Å². The number of halogens is 4. The van der Waals surface area contributed by atoms with Crippen LogP contribution in [0.2, 0.25) is 0 Å². The number of ether oxygens (including phenoxy) is 3. The summed E-state index contributed by atoms with van der Waals surface area (Å²) < 4.78 is 53.9. The number of aliphatic imine (C=N–C) groups is 1. The van der Waals surface area contributed by atoms with Crippen molar-refractivity contribution in [1.82, 2.24) is 10.6 Å². The van der Waals surface area contributed by atoms with Crippen molar-refractivity contribution in [2.24, 2.45) is 4.99 Å². The van der Waals surface area contributed by atoms with Crippen LogP contribution in [0.5, 0.6) is 17.2 Å². The SMILES string of the molecule is CN=C(NCc1ccc(C(F)(F)F)cc1)NCc1cc(OC)c(OC)cc1OC.I. The average Bonchev–Trinajstić information content (AvgIpc) is 2.72. The van der Waals surface area contributed by atoms with Crippen LogP contribution in [0.25, 0.3) is 0 Å². The molecule has 0 unspecified atom stereocenters. The van der Waals surface area contributed by atoms with Gasteiger partial charge in [-0.05, 0) is 23.8 Å². The highest BCUT2D eigenvalue weighted by Crippen LogP contribution is 2.34. The van der Waals surface area contributed by atoms with Gasteiger partial charge in [0.25, 0.3) is 0 Å². The first-order valence-corrected chi connectivity index (χ1v) is 8.72.